The molecule has 1 rings (SSSR count). The first kappa shape index (κ1) is 8.29. The minimum atomic E-state index is -1.49. The average molecular weight is 156 g/mol. The van der Waals surface area contributed by atoms with Crippen LogP contribution in [0, 0.1) is 5.92 Å². The topological polar surface area (TPSA) is 77.8 Å². The van der Waals surface area contributed by atoms with Gasteiger partial charge in [-0.1, -0.05) is 6.08 Å². The van der Waals surface area contributed by atoms with E-state index in [1.165, 1.54) is 0 Å². The summed E-state index contributed by atoms with van der Waals surface area (Å²) in [5.74, 6) is -1.34. The molecule has 11 heavy (non-hydrogen) atoms. The Morgan fingerprint density at radius 3 is 2.55 bits per heavy atom. The molecule has 5 heteroatoms. The van der Waals surface area contributed by atoms with Gasteiger partial charge in [0.2, 0.25) is 0 Å². The first-order valence-corrected chi connectivity index (χ1v) is 3.39. The molecule has 1 aliphatic carbocycles. The van der Waals surface area contributed by atoms with Gasteiger partial charge in [-0.15, -0.1) is 0 Å². The molecule has 0 saturated carbocycles. The highest BCUT2D eigenvalue weighted by Gasteiger charge is 2.28. The van der Waals surface area contributed by atoms with Crippen LogP contribution in [-0.4, -0.2) is 28.2 Å². The molecular formula is C6H9BO4. The maximum absolute atomic E-state index is 10.4. The van der Waals surface area contributed by atoms with Crippen molar-refractivity contribution < 1.29 is 19.9 Å². The third kappa shape index (κ3) is 1.81. The van der Waals surface area contributed by atoms with E-state index in [9.17, 15) is 4.79 Å². The zero-order chi connectivity index (χ0) is 8.43. The molecule has 0 aliphatic heterocycles. The molecule has 0 aromatic carbocycles. The zero-order valence-electron chi connectivity index (χ0n) is 5.90. The van der Waals surface area contributed by atoms with Crippen LogP contribution in [-0.2, 0) is 4.79 Å². The lowest BCUT2D eigenvalue weighted by atomic mass is 9.78. The van der Waals surface area contributed by atoms with E-state index in [4.69, 9.17) is 15.2 Å². The molecule has 0 radical (unpaired) electrons. The van der Waals surface area contributed by atoms with Gasteiger partial charge >= 0.3 is 13.1 Å². The number of carboxylic acid groups (broad SMARTS) is 1. The Labute approximate surface area is 64.3 Å². The fourth-order valence-electron chi connectivity index (χ4n) is 1.14. The number of allylic oxidation sites excluding steroid dienone is 2. The summed E-state index contributed by atoms with van der Waals surface area (Å²) in [4.78, 5) is 10.4. The maximum atomic E-state index is 10.4. The van der Waals surface area contributed by atoms with Crippen LogP contribution < -0.4 is 0 Å². The molecule has 1 unspecified atom stereocenters. The molecule has 0 spiro atoms. The monoisotopic (exact) mass is 156 g/mol. The van der Waals surface area contributed by atoms with Crippen molar-refractivity contribution >= 4 is 13.1 Å². The van der Waals surface area contributed by atoms with Gasteiger partial charge in [0.25, 0.3) is 0 Å². The van der Waals surface area contributed by atoms with Gasteiger partial charge in [0, 0.05) is 0 Å². The van der Waals surface area contributed by atoms with E-state index in [1.807, 2.05) is 0 Å². The van der Waals surface area contributed by atoms with Gasteiger partial charge in [-0.05, 0) is 18.3 Å². The van der Waals surface area contributed by atoms with E-state index in [-0.39, 0.29) is 6.42 Å². The molecule has 60 valence electrons. The number of aliphatic carboxylic acids is 1. The molecule has 0 aromatic rings. The SMILES string of the molecule is O=C(O)C1CC=C(B(O)O)C1. The maximum Gasteiger partial charge on any atom is 0.483 e. The summed E-state index contributed by atoms with van der Waals surface area (Å²) in [6.45, 7) is 0. The van der Waals surface area contributed by atoms with Crippen molar-refractivity contribution in [2.45, 2.75) is 12.8 Å². The van der Waals surface area contributed by atoms with Gasteiger partial charge in [0.1, 0.15) is 0 Å². The molecule has 0 aromatic heterocycles. The highest BCUT2D eigenvalue weighted by Crippen LogP contribution is 2.25. The van der Waals surface area contributed by atoms with Crippen LogP contribution in [0.2, 0.25) is 0 Å². The Kier molecular flexibility index (Phi) is 2.31. The van der Waals surface area contributed by atoms with Crippen LogP contribution >= 0.6 is 0 Å². The summed E-state index contributed by atoms with van der Waals surface area (Å²) >= 11 is 0. The van der Waals surface area contributed by atoms with Crippen LogP contribution in [0.1, 0.15) is 12.8 Å². The largest absolute Gasteiger partial charge is 0.483 e. The average Bonchev–Trinajstić information content (AvgIpc) is 2.33. The Bertz CT molecular complexity index is 199. The van der Waals surface area contributed by atoms with Gasteiger partial charge in [-0.2, -0.15) is 0 Å². The van der Waals surface area contributed by atoms with Gasteiger partial charge < -0.3 is 15.2 Å². The predicted molar refractivity (Wildman–Crippen MR) is 38.6 cm³/mol. The number of hydrogen-bond acceptors (Lipinski definition) is 3. The first-order chi connectivity index (χ1) is 5.11. The first-order valence-electron chi connectivity index (χ1n) is 3.39. The van der Waals surface area contributed by atoms with Crippen molar-refractivity contribution in [3.05, 3.63) is 11.5 Å². The van der Waals surface area contributed by atoms with Crippen molar-refractivity contribution in [3.63, 3.8) is 0 Å². The van der Waals surface area contributed by atoms with Crippen molar-refractivity contribution in [1.82, 2.24) is 0 Å². The van der Waals surface area contributed by atoms with Crippen LogP contribution in [0.4, 0.5) is 0 Å². The number of rotatable bonds is 2. The lowest BCUT2D eigenvalue weighted by molar-refractivity contribution is -0.141. The Hall–Kier alpha value is -0.805. The molecule has 0 amide bonds. The van der Waals surface area contributed by atoms with Gasteiger partial charge in [-0.25, -0.2) is 0 Å². The molecule has 0 heterocycles. The van der Waals surface area contributed by atoms with Gasteiger partial charge in [0.15, 0.2) is 0 Å². The lowest BCUT2D eigenvalue weighted by Gasteiger charge is -2.02. The quantitative estimate of drug-likeness (QED) is 0.467. The third-order valence-corrected chi connectivity index (χ3v) is 1.83. The van der Waals surface area contributed by atoms with Crippen molar-refractivity contribution in [3.8, 4) is 0 Å². The van der Waals surface area contributed by atoms with E-state index >= 15 is 0 Å². The molecule has 0 saturated heterocycles. The normalized spacial score (nSPS) is 23.1. The molecule has 1 atom stereocenters. The smallest absolute Gasteiger partial charge is 0.481 e. The van der Waals surface area contributed by atoms with E-state index in [0.29, 0.717) is 11.9 Å². The van der Waals surface area contributed by atoms with E-state index in [2.05, 4.69) is 0 Å². The number of carboxylic acids is 1. The number of hydrogen-bond donors (Lipinski definition) is 3. The second kappa shape index (κ2) is 3.06. The van der Waals surface area contributed by atoms with Crippen LogP contribution in [0.15, 0.2) is 11.5 Å². The third-order valence-electron chi connectivity index (χ3n) is 1.83. The van der Waals surface area contributed by atoms with Gasteiger partial charge in [0.05, 0.1) is 5.92 Å². The Balaban J connectivity index is 2.49. The van der Waals surface area contributed by atoms with Crippen LogP contribution in [0.25, 0.3) is 0 Å². The molecule has 1 aliphatic rings. The summed E-state index contributed by atoms with van der Waals surface area (Å²) in [6, 6.07) is 0. The zero-order valence-corrected chi connectivity index (χ0v) is 5.90. The van der Waals surface area contributed by atoms with Crippen molar-refractivity contribution in [2.75, 3.05) is 0 Å². The van der Waals surface area contributed by atoms with Crippen LogP contribution in [0.5, 0.6) is 0 Å². The van der Waals surface area contributed by atoms with Gasteiger partial charge in [-0.3, -0.25) is 4.79 Å². The molecular weight excluding hydrogens is 147 g/mol. The minimum absolute atomic E-state index is 0.257. The van der Waals surface area contributed by atoms with E-state index in [0.717, 1.165) is 0 Å². The van der Waals surface area contributed by atoms with Crippen LogP contribution in [0.3, 0.4) is 0 Å². The predicted octanol–water partition coefficient (Wildman–Crippen LogP) is -0.581. The van der Waals surface area contributed by atoms with Crippen molar-refractivity contribution in [1.29, 1.82) is 0 Å². The van der Waals surface area contributed by atoms with E-state index < -0.39 is 19.0 Å². The summed E-state index contributed by atoms with van der Waals surface area (Å²) in [5, 5.41) is 25.8. The lowest BCUT2D eigenvalue weighted by Crippen LogP contribution is -2.17. The fraction of sp³-hybridized carbons (Fsp3) is 0.500. The van der Waals surface area contributed by atoms with E-state index in [1.54, 1.807) is 6.08 Å². The molecule has 4 nitrogen and oxygen atoms in total. The fourth-order valence-corrected chi connectivity index (χ4v) is 1.14. The summed E-state index contributed by atoms with van der Waals surface area (Å²) in [5.41, 5.74) is 0.414. The standard InChI is InChI=1S/C6H9BO4/c8-6(9)4-1-2-5(3-4)7(10)11/h2,4,10-11H,1,3H2,(H,8,9). The molecule has 3 N–H and O–H groups in total. The molecule has 0 bridgehead atoms. The molecule has 0 fully saturated rings. The highest BCUT2D eigenvalue weighted by atomic mass is 16.4. The summed E-state index contributed by atoms with van der Waals surface area (Å²) < 4.78 is 0. The summed E-state index contributed by atoms with van der Waals surface area (Å²) in [7, 11) is -1.49. The number of carbonyl (C=O) groups is 1. The minimum Gasteiger partial charge on any atom is -0.481 e. The van der Waals surface area contributed by atoms with Crippen molar-refractivity contribution in [2.24, 2.45) is 5.92 Å². The highest BCUT2D eigenvalue weighted by molar-refractivity contribution is 6.50. The summed E-state index contributed by atoms with van der Waals surface area (Å²) in [6.07, 6.45) is 2.23. The Morgan fingerprint density at radius 1 is 1.64 bits per heavy atom. The second-order valence-corrected chi connectivity index (χ2v) is 2.63. The Morgan fingerprint density at radius 2 is 2.27 bits per heavy atom. The second-order valence-electron chi connectivity index (χ2n) is 2.63.